The number of hydrogen-bond acceptors (Lipinski definition) is 6. The van der Waals surface area contributed by atoms with Gasteiger partial charge in [0.05, 0.1) is 5.69 Å². The lowest BCUT2D eigenvalue weighted by molar-refractivity contribution is 0.526. The zero-order valence-corrected chi connectivity index (χ0v) is 18.7. The molecule has 1 fully saturated rings. The van der Waals surface area contributed by atoms with Crippen molar-refractivity contribution in [3.8, 4) is 0 Å². The third-order valence-electron chi connectivity index (χ3n) is 6.72. The number of halogens is 1. The summed E-state index contributed by atoms with van der Waals surface area (Å²) in [5.74, 6) is 0.0463. The van der Waals surface area contributed by atoms with Crippen LogP contribution in [-0.4, -0.2) is 40.7 Å². The van der Waals surface area contributed by atoms with Crippen LogP contribution in [0.25, 0.3) is 11.0 Å². The molecule has 2 aliphatic rings. The average Bonchev–Trinajstić information content (AvgIpc) is 3.28. The van der Waals surface area contributed by atoms with Gasteiger partial charge in [-0.1, -0.05) is 24.3 Å². The predicted molar refractivity (Wildman–Crippen MR) is 131 cm³/mol. The monoisotopic (exact) mass is 456 g/mol. The van der Waals surface area contributed by atoms with Crippen LogP contribution in [0.2, 0.25) is 0 Å². The second kappa shape index (κ2) is 8.53. The number of benzene rings is 2. The molecule has 0 bridgehead atoms. The van der Waals surface area contributed by atoms with Crippen LogP contribution in [0.1, 0.15) is 17.2 Å². The Hall–Kier alpha value is -3.78. The first-order chi connectivity index (χ1) is 16.7. The normalized spacial score (nSPS) is 16.1. The maximum absolute atomic E-state index is 14.9. The van der Waals surface area contributed by atoms with Crippen molar-refractivity contribution >= 4 is 28.4 Å². The summed E-state index contributed by atoms with van der Waals surface area (Å²) in [6.45, 7) is 3.25. The van der Waals surface area contributed by atoms with Crippen molar-refractivity contribution in [1.82, 2.24) is 19.9 Å². The van der Waals surface area contributed by atoms with Crippen LogP contribution >= 0.6 is 0 Å². The maximum atomic E-state index is 14.9. The van der Waals surface area contributed by atoms with E-state index in [0.29, 0.717) is 23.0 Å². The highest BCUT2D eigenvalue weighted by Crippen LogP contribution is 2.31. The molecule has 6 rings (SSSR count). The predicted octanol–water partition coefficient (Wildman–Crippen LogP) is 3.42. The van der Waals surface area contributed by atoms with Crippen LogP contribution in [0.3, 0.4) is 0 Å². The van der Waals surface area contributed by atoms with Gasteiger partial charge in [0, 0.05) is 55.6 Å². The lowest BCUT2D eigenvalue weighted by atomic mass is 10.1. The van der Waals surface area contributed by atoms with E-state index in [1.165, 1.54) is 17.2 Å². The number of pyridine rings is 1. The molecule has 0 amide bonds. The number of nitrogens with zero attached hydrogens (tertiary/aromatic N) is 4. The molecule has 0 spiro atoms. The van der Waals surface area contributed by atoms with E-state index >= 15 is 0 Å². The SMILES string of the molecule is O=c1ccc2cnc(Nc3ccc(N4CCNCC4)c(F)c3)nc2n1C1Cc2ccccc2C1. The minimum atomic E-state index is -0.284. The topological polar surface area (TPSA) is 75.1 Å². The molecular formula is C26H25FN6O. The number of rotatable bonds is 4. The molecule has 2 aromatic heterocycles. The Balaban J connectivity index is 1.31. The van der Waals surface area contributed by atoms with Crippen LogP contribution in [-0.2, 0) is 12.8 Å². The first-order valence-electron chi connectivity index (χ1n) is 11.6. The third kappa shape index (κ3) is 3.80. The Kier molecular flexibility index (Phi) is 5.22. The molecule has 0 saturated carbocycles. The second-order valence-electron chi connectivity index (χ2n) is 8.87. The van der Waals surface area contributed by atoms with Gasteiger partial charge in [0.1, 0.15) is 11.5 Å². The first-order valence-corrected chi connectivity index (χ1v) is 11.6. The molecule has 172 valence electrons. The molecule has 1 saturated heterocycles. The average molecular weight is 457 g/mol. The lowest BCUT2D eigenvalue weighted by Gasteiger charge is -2.29. The largest absolute Gasteiger partial charge is 0.367 e. The molecular weight excluding hydrogens is 431 g/mol. The van der Waals surface area contributed by atoms with Crippen molar-refractivity contribution in [2.75, 3.05) is 36.4 Å². The van der Waals surface area contributed by atoms with E-state index in [2.05, 4.69) is 32.7 Å². The third-order valence-corrected chi connectivity index (χ3v) is 6.72. The number of aromatic nitrogens is 3. The molecule has 3 heterocycles. The van der Waals surface area contributed by atoms with Crippen LogP contribution in [0.15, 0.2) is 65.6 Å². The number of hydrogen-bond donors (Lipinski definition) is 2. The summed E-state index contributed by atoms with van der Waals surface area (Å²) in [5, 5.41) is 7.19. The Labute approximate surface area is 196 Å². The fourth-order valence-electron chi connectivity index (χ4n) is 5.05. The molecule has 0 unspecified atom stereocenters. The number of fused-ring (bicyclic) bond motifs is 2. The Bertz CT molecular complexity index is 1400. The van der Waals surface area contributed by atoms with E-state index in [9.17, 15) is 9.18 Å². The first kappa shape index (κ1) is 20.8. The van der Waals surface area contributed by atoms with Crippen molar-refractivity contribution < 1.29 is 4.39 Å². The molecule has 0 atom stereocenters. The summed E-state index contributed by atoms with van der Waals surface area (Å²) in [6, 6.07) is 16.7. The van der Waals surface area contributed by atoms with Crippen LogP contribution < -0.4 is 21.1 Å². The molecule has 4 aromatic rings. The molecule has 2 N–H and O–H groups in total. The summed E-state index contributed by atoms with van der Waals surface area (Å²) < 4.78 is 16.6. The summed E-state index contributed by atoms with van der Waals surface area (Å²) in [7, 11) is 0. The van der Waals surface area contributed by atoms with Crippen molar-refractivity contribution in [3.05, 3.63) is 88.1 Å². The zero-order valence-electron chi connectivity index (χ0n) is 18.7. The smallest absolute Gasteiger partial charge is 0.252 e. The summed E-state index contributed by atoms with van der Waals surface area (Å²) in [5.41, 5.74) is 4.20. The van der Waals surface area contributed by atoms with E-state index in [-0.39, 0.29) is 17.4 Å². The van der Waals surface area contributed by atoms with Crippen LogP contribution in [0.4, 0.5) is 21.7 Å². The number of nitrogens with one attached hydrogen (secondary N) is 2. The van der Waals surface area contributed by atoms with E-state index in [1.54, 1.807) is 29.0 Å². The fourth-order valence-corrected chi connectivity index (χ4v) is 5.05. The summed E-state index contributed by atoms with van der Waals surface area (Å²) in [4.78, 5) is 24.0. The van der Waals surface area contributed by atoms with E-state index in [4.69, 9.17) is 0 Å². The maximum Gasteiger partial charge on any atom is 0.252 e. The number of anilines is 3. The minimum absolute atomic E-state index is 0.00658. The van der Waals surface area contributed by atoms with E-state index in [1.807, 2.05) is 23.1 Å². The zero-order chi connectivity index (χ0) is 23.1. The summed E-state index contributed by atoms with van der Waals surface area (Å²) >= 11 is 0. The van der Waals surface area contributed by atoms with Crippen molar-refractivity contribution in [1.29, 1.82) is 0 Å². The molecule has 2 aromatic carbocycles. The van der Waals surface area contributed by atoms with Gasteiger partial charge >= 0.3 is 0 Å². The number of piperazine rings is 1. The van der Waals surface area contributed by atoms with Gasteiger partial charge in [-0.15, -0.1) is 0 Å². The standard InChI is InChI=1S/C26H25FN6O/c27-22-15-20(6-7-23(22)32-11-9-28-10-12-32)30-26-29-16-19-5-8-24(34)33(25(19)31-26)21-13-17-3-1-2-4-18(17)14-21/h1-8,15-16,21,28H,9-14H2,(H,29,30,31). The molecule has 34 heavy (non-hydrogen) atoms. The highest BCUT2D eigenvalue weighted by atomic mass is 19.1. The van der Waals surface area contributed by atoms with E-state index < -0.39 is 0 Å². The van der Waals surface area contributed by atoms with Gasteiger partial charge in [0.15, 0.2) is 0 Å². The molecule has 7 nitrogen and oxygen atoms in total. The van der Waals surface area contributed by atoms with Gasteiger partial charge in [-0.3, -0.25) is 9.36 Å². The van der Waals surface area contributed by atoms with Crippen molar-refractivity contribution in [2.24, 2.45) is 0 Å². The van der Waals surface area contributed by atoms with Gasteiger partial charge < -0.3 is 15.5 Å². The van der Waals surface area contributed by atoms with Gasteiger partial charge in [-0.05, 0) is 48.2 Å². The lowest BCUT2D eigenvalue weighted by Crippen LogP contribution is -2.43. The van der Waals surface area contributed by atoms with E-state index in [0.717, 1.165) is 44.4 Å². The Morgan fingerprint density at radius 3 is 2.50 bits per heavy atom. The van der Waals surface area contributed by atoms with Gasteiger partial charge in [-0.25, -0.2) is 9.37 Å². The molecule has 8 heteroatoms. The quantitative estimate of drug-likeness (QED) is 0.490. The molecule has 1 aliphatic heterocycles. The Morgan fingerprint density at radius 2 is 1.76 bits per heavy atom. The highest BCUT2D eigenvalue weighted by molar-refractivity contribution is 5.76. The van der Waals surface area contributed by atoms with Gasteiger partial charge in [0.2, 0.25) is 5.95 Å². The van der Waals surface area contributed by atoms with Crippen molar-refractivity contribution in [3.63, 3.8) is 0 Å². The van der Waals surface area contributed by atoms with Gasteiger partial charge in [-0.2, -0.15) is 4.98 Å². The van der Waals surface area contributed by atoms with Gasteiger partial charge in [0.25, 0.3) is 5.56 Å². The fraction of sp³-hybridized carbons (Fsp3) is 0.269. The minimum Gasteiger partial charge on any atom is -0.367 e. The summed E-state index contributed by atoms with van der Waals surface area (Å²) in [6.07, 6.45) is 3.29. The van der Waals surface area contributed by atoms with Crippen LogP contribution in [0.5, 0.6) is 0 Å². The molecule has 1 aliphatic carbocycles. The molecule has 0 radical (unpaired) electrons. The van der Waals surface area contributed by atoms with Crippen molar-refractivity contribution in [2.45, 2.75) is 18.9 Å². The second-order valence-corrected chi connectivity index (χ2v) is 8.87. The van der Waals surface area contributed by atoms with Crippen LogP contribution in [0, 0.1) is 5.82 Å². The Morgan fingerprint density at radius 1 is 1.00 bits per heavy atom. The highest BCUT2D eigenvalue weighted by Gasteiger charge is 2.25.